The molecule has 0 spiro atoms. The van der Waals surface area contributed by atoms with Crippen molar-refractivity contribution in [2.75, 3.05) is 26.4 Å². The van der Waals surface area contributed by atoms with Crippen LogP contribution in [0.1, 0.15) is 27.2 Å². The van der Waals surface area contributed by atoms with E-state index in [0.717, 1.165) is 13.0 Å². The third kappa shape index (κ3) is 4.93. The van der Waals surface area contributed by atoms with Crippen molar-refractivity contribution in [3.8, 4) is 0 Å². The molecule has 1 aliphatic rings. The first kappa shape index (κ1) is 12.9. The molecule has 1 atom stereocenters. The van der Waals surface area contributed by atoms with Gasteiger partial charge >= 0.3 is 0 Å². The van der Waals surface area contributed by atoms with Crippen LogP contribution in [-0.4, -0.2) is 43.3 Å². The second kappa shape index (κ2) is 5.80. The second-order valence-corrected chi connectivity index (χ2v) is 4.74. The molecule has 15 heavy (non-hydrogen) atoms. The molecule has 2 N–H and O–H groups in total. The van der Waals surface area contributed by atoms with Gasteiger partial charge in [0.1, 0.15) is 0 Å². The third-order valence-corrected chi connectivity index (χ3v) is 2.64. The molecule has 0 aromatic carbocycles. The van der Waals surface area contributed by atoms with Gasteiger partial charge in [-0.2, -0.15) is 0 Å². The molecular weight excluding hydrogens is 194 g/mol. The first-order valence-electron chi connectivity index (χ1n) is 5.65. The Balaban J connectivity index is 2.13. The molecule has 0 aromatic heterocycles. The van der Waals surface area contributed by atoms with Crippen molar-refractivity contribution < 1.29 is 14.6 Å². The van der Waals surface area contributed by atoms with Gasteiger partial charge in [0.2, 0.25) is 0 Å². The van der Waals surface area contributed by atoms with Crippen LogP contribution in [-0.2, 0) is 9.47 Å². The van der Waals surface area contributed by atoms with Crippen LogP contribution in [0.15, 0.2) is 0 Å². The summed E-state index contributed by atoms with van der Waals surface area (Å²) in [6, 6.07) is 0.277. The van der Waals surface area contributed by atoms with Gasteiger partial charge < -0.3 is 19.9 Å². The van der Waals surface area contributed by atoms with E-state index in [-0.39, 0.29) is 12.6 Å². The summed E-state index contributed by atoms with van der Waals surface area (Å²) in [6.07, 6.45) is 0.840. The molecule has 1 saturated heterocycles. The van der Waals surface area contributed by atoms with Gasteiger partial charge in [0.15, 0.2) is 5.79 Å². The summed E-state index contributed by atoms with van der Waals surface area (Å²) in [5.74, 6) is 0.0551. The van der Waals surface area contributed by atoms with Gasteiger partial charge in [0.25, 0.3) is 0 Å². The van der Waals surface area contributed by atoms with E-state index in [1.807, 2.05) is 13.8 Å². The predicted octanol–water partition coefficient (Wildman–Crippen LogP) is 0.746. The first-order valence-corrected chi connectivity index (χ1v) is 5.65. The Labute approximate surface area is 92.0 Å². The molecule has 0 aromatic rings. The van der Waals surface area contributed by atoms with E-state index < -0.39 is 5.79 Å². The Morgan fingerprint density at radius 1 is 1.40 bits per heavy atom. The summed E-state index contributed by atoms with van der Waals surface area (Å²) in [7, 11) is 0. The number of aliphatic hydroxyl groups is 1. The smallest absolute Gasteiger partial charge is 0.162 e. The van der Waals surface area contributed by atoms with Crippen LogP contribution in [0.4, 0.5) is 0 Å². The fourth-order valence-electron chi connectivity index (χ4n) is 1.50. The van der Waals surface area contributed by atoms with Crippen molar-refractivity contribution in [3.63, 3.8) is 0 Å². The van der Waals surface area contributed by atoms with Crippen LogP contribution in [0, 0.1) is 5.92 Å². The minimum Gasteiger partial charge on any atom is -0.396 e. The Kier molecular flexibility index (Phi) is 4.99. The highest BCUT2D eigenvalue weighted by atomic mass is 16.7. The number of aliphatic hydroxyl groups excluding tert-OH is 1. The molecule has 4 nitrogen and oxygen atoms in total. The zero-order chi connectivity index (χ0) is 11.3. The third-order valence-electron chi connectivity index (χ3n) is 2.64. The maximum atomic E-state index is 8.77. The largest absolute Gasteiger partial charge is 0.396 e. The van der Waals surface area contributed by atoms with Crippen LogP contribution in [0.25, 0.3) is 0 Å². The summed E-state index contributed by atoms with van der Waals surface area (Å²) in [5, 5.41) is 12.1. The Bertz CT molecular complexity index is 175. The van der Waals surface area contributed by atoms with E-state index in [9.17, 15) is 0 Å². The molecular formula is C11H23NO3. The Morgan fingerprint density at radius 2 is 2.00 bits per heavy atom. The van der Waals surface area contributed by atoms with Crippen molar-refractivity contribution >= 4 is 0 Å². The zero-order valence-electron chi connectivity index (χ0n) is 9.95. The van der Waals surface area contributed by atoms with E-state index in [2.05, 4.69) is 12.2 Å². The highest BCUT2D eigenvalue weighted by molar-refractivity contribution is 4.73. The molecule has 0 aliphatic carbocycles. The predicted molar refractivity (Wildman–Crippen MR) is 58.6 cm³/mol. The van der Waals surface area contributed by atoms with Crippen LogP contribution in [0.3, 0.4) is 0 Å². The topological polar surface area (TPSA) is 50.7 Å². The van der Waals surface area contributed by atoms with Crippen molar-refractivity contribution in [1.29, 1.82) is 0 Å². The van der Waals surface area contributed by atoms with Crippen LogP contribution in [0.5, 0.6) is 0 Å². The normalized spacial score (nSPS) is 24.0. The lowest BCUT2D eigenvalue weighted by atomic mass is 10.1. The maximum Gasteiger partial charge on any atom is 0.162 e. The number of hydrogen-bond acceptors (Lipinski definition) is 4. The van der Waals surface area contributed by atoms with E-state index in [1.54, 1.807) is 0 Å². The van der Waals surface area contributed by atoms with Gasteiger partial charge in [-0.15, -0.1) is 0 Å². The number of hydrogen-bond donors (Lipinski definition) is 2. The van der Waals surface area contributed by atoms with Crippen molar-refractivity contribution in [2.24, 2.45) is 5.92 Å². The van der Waals surface area contributed by atoms with Crippen molar-refractivity contribution in [2.45, 2.75) is 39.0 Å². The molecule has 1 aliphatic heterocycles. The van der Waals surface area contributed by atoms with Crippen LogP contribution in [0.2, 0.25) is 0 Å². The SMILES string of the molecule is CC(CCO)CNC1COC(C)(C)OC1. The van der Waals surface area contributed by atoms with Gasteiger partial charge in [-0.3, -0.25) is 0 Å². The van der Waals surface area contributed by atoms with Gasteiger partial charge in [0.05, 0.1) is 19.3 Å². The summed E-state index contributed by atoms with van der Waals surface area (Å²) in [4.78, 5) is 0. The Hall–Kier alpha value is -0.160. The van der Waals surface area contributed by atoms with E-state index >= 15 is 0 Å². The molecule has 0 bridgehead atoms. The lowest BCUT2D eigenvalue weighted by molar-refractivity contribution is -0.253. The highest BCUT2D eigenvalue weighted by Crippen LogP contribution is 2.16. The summed E-state index contributed by atoms with van der Waals surface area (Å²) in [6.45, 7) is 8.52. The van der Waals surface area contributed by atoms with Crippen molar-refractivity contribution in [3.05, 3.63) is 0 Å². The zero-order valence-corrected chi connectivity index (χ0v) is 9.95. The minimum atomic E-state index is -0.436. The maximum absolute atomic E-state index is 8.77. The molecule has 1 fully saturated rings. The molecule has 4 heteroatoms. The average molecular weight is 217 g/mol. The fourth-order valence-corrected chi connectivity index (χ4v) is 1.50. The van der Waals surface area contributed by atoms with Gasteiger partial charge in [-0.1, -0.05) is 6.92 Å². The summed E-state index contributed by atoms with van der Waals surface area (Å²) >= 11 is 0. The summed E-state index contributed by atoms with van der Waals surface area (Å²) < 4.78 is 11.1. The Morgan fingerprint density at radius 3 is 2.53 bits per heavy atom. The van der Waals surface area contributed by atoms with Gasteiger partial charge in [0, 0.05) is 6.61 Å². The number of nitrogens with one attached hydrogen (secondary N) is 1. The van der Waals surface area contributed by atoms with Gasteiger partial charge in [-0.05, 0) is 32.7 Å². The molecule has 0 radical (unpaired) electrons. The van der Waals surface area contributed by atoms with E-state index in [4.69, 9.17) is 14.6 Å². The monoisotopic (exact) mass is 217 g/mol. The molecule has 90 valence electrons. The highest BCUT2D eigenvalue weighted by Gasteiger charge is 2.27. The lowest BCUT2D eigenvalue weighted by Gasteiger charge is -2.35. The molecule has 1 rings (SSSR count). The minimum absolute atomic E-state index is 0.257. The van der Waals surface area contributed by atoms with E-state index in [1.165, 1.54) is 0 Å². The molecule has 0 amide bonds. The standard InChI is InChI=1S/C11H23NO3/c1-9(4-5-13)6-12-10-7-14-11(2,3)15-8-10/h9-10,12-13H,4-8H2,1-3H3. The fraction of sp³-hybridized carbons (Fsp3) is 1.00. The number of rotatable bonds is 5. The van der Waals surface area contributed by atoms with Gasteiger partial charge in [-0.25, -0.2) is 0 Å². The average Bonchev–Trinajstić information content (AvgIpc) is 2.17. The second-order valence-electron chi connectivity index (χ2n) is 4.74. The summed E-state index contributed by atoms with van der Waals surface area (Å²) in [5.41, 5.74) is 0. The lowest BCUT2D eigenvalue weighted by Crippen LogP contribution is -2.49. The molecule has 1 heterocycles. The molecule has 0 saturated carbocycles. The number of ether oxygens (including phenoxy) is 2. The van der Waals surface area contributed by atoms with E-state index in [0.29, 0.717) is 19.1 Å². The molecule has 1 unspecified atom stereocenters. The van der Waals surface area contributed by atoms with Crippen LogP contribution < -0.4 is 5.32 Å². The van der Waals surface area contributed by atoms with Crippen LogP contribution >= 0.6 is 0 Å². The van der Waals surface area contributed by atoms with Crippen molar-refractivity contribution in [1.82, 2.24) is 5.32 Å². The quantitative estimate of drug-likeness (QED) is 0.713. The first-order chi connectivity index (χ1) is 7.03.